The van der Waals surface area contributed by atoms with E-state index >= 15 is 0 Å². The highest BCUT2D eigenvalue weighted by molar-refractivity contribution is 14.1. The number of amides is 1. The monoisotopic (exact) mass is 385 g/mol. The van der Waals surface area contributed by atoms with Crippen LogP contribution in [0, 0.1) is 9.39 Å². The highest BCUT2D eigenvalue weighted by Crippen LogP contribution is 2.16. The summed E-state index contributed by atoms with van der Waals surface area (Å²) in [5.74, 6) is -0.101. The molecule has 1 N–H and O–H groups in total. The number of carbonyl (C=O) groups is 1. The van der Waals surface area contributed by atoms with Crippen LogP contribution in [0.25, 0.3) is 0 Å². The van der Waals surface area contributed by atoms with Gasteiger partial charge < -0.3 is 10.1 Å². The first-order valence-electron chi connectivity index (χ1n) is 6.03. The van der Waals surface area contributed by atoms with Crippen LogP contribution in [-0.4, -0.2) is 12.0 Å². The van der Waals surface area contributed by atoms with E-state index in [1.807, 2.05) is 12.1 Å². The maximum atomic E-state index is 13.0. The smallest absolute Gasteiger partial charge is 0.265 e. The lowest BCUT2D eigenvalue weighted by Gasteiger charge is -2.14. The number of anilines is 1. The van der Waals surface area contributed by atoms with E-state index < -0.39 is 11.9 Å². The molecule has 0 radical (unpaired) electrons. The van der Waals surface area contributed by atoms with Crippen molar-refractivity contribution in [1.82, 2.24) is 0 Å². The van der Waals surface area contributed by atoms with Crippen molar-refractivity contribution >= 4 is 34.2 Å². The minimum atomic E-state index is -0.668. The van der Waals surface area contributed by atoms with Gasteiger partial charge in [-0.25, -0.2) is 4.39 Å². The summed E-state index contributed by atoms with van der Waals surface area (Å²) in [5.41, 5.74) is 0.410. The van der Waals surface area contributed by atoms with E-state index in [4.69, 9.17) is 4.74 Å². The third kappa shape index (κ3) is 4.19. The molecule has 0 aromatic heterocycles. The van der Waals surface area contributed by atoms with Crippen molar-refractivity contribution in [2.75, 3.05) is 5.32 Å². The van der Waals surface area contributed by atoms with Gasteiger partial charge in [-0.15, -0.1) is 0 Å². The summed E-state index contributed by atoms with van der Waals surface area (Å²) in [4.78, 5) is 11.9. The third-order valence-electron chi connectivity index (χ3n) is 2.59. The summed E-state index contributed by atoms with van der Waals surface area (Å²) in [6, 6.07) is 13.1. The SMILES string of the molecule is CC(Oc1ccc(I)cc1)C(=O)Nc1cccc(F)c1. The van der Waals surface area contributed by atoms with E-state index in [1.165, 1.54) is 18.2 Å². The number of hydrogen-bond donors (Lipinski definition) is 1. The molecule has 0 saturated carbocycles. The Morgan fingerprint density at radius 2 is 1.95 bits per heavy atom. The molecule has 5 heteroatoms. The van der Waals surface area contributed by atoms with Gasteiger partial charge >= 0.3 is 0 Å². The molecule has 3 nitrogen and oxygen atoms in total. The lowest BCUT2D eigenvalue weighted by molar-refractivity contribution is -0.122. The van der Waals surface area contributed by atoms with Crippen LogP contribution in [0.2, 0.25) is 0 Å². The second-order valence-corrected chi connectivity index (χ2v) is 5.46. The highest BCUT2D eigenvalue weighted by Gasteiger charge is 2.15. The average Bonchev–Trinajstić information content (AvgIpc) is 2.41. The van der Waals surface area contributed by atoms with E-state index in [0.717, 1.165) is 3.57 Å². The summed E-state index contributed by atoms with van der Waals surface area (Å²) in [6.45, 7) is 1.65. The van der Waals surface area contributed by atoms with Gasteiger partial charge in [-0.2, -0.15) is 0 Å². The topological polar surface area (TPSA) is 38.3 Å². The number of benzene rings is 2. The summed E-state index contributed by atoms with van der Waals surface area (Å²) in [5, 5.41) is 2.61. The summed E-state index contributed by atoms with van der Waals surface area (Å²) < 4.78 is 19.6. The van der Waals surface area contributed by atoms with Gasteiger partial charge in [0.25, 0.3) is 5.91 Å². The summed E-state index contributed by atoms with van der Waals surface area (Å²) in [7, 11) is 0. The Kier molecular flexibility index (Phi) is 4.94. The van der Waals surface area contributed by atoms with E-state index in [2.05, 4.69) is 27.9 Å². The Hall–Kier alpha value is -1.63. The molecular weight excluding hydrogens is 372 g/mol. The summed E-state index contributed by atoms with van der Waals surface area (Å²) in [6.07, 6.45) is -0.668. The van der Waals surface area contributed by atoms with Crippen LogP contribution < -0.4 is 10.1 Å². The van der Waals surface area contributed by atoms with Crippen LogP contribution >= 0.6 is 22.6 Å². The van der Waals surface area contributed by atoms with Gasteiger partial charge in [0.05, 0.1) is 0 Å². The Labute approximate surface area is 130 Å². The van der Waals surface area contributed by atoms with Crippen molar-refractivity contribution in [2.24, 2.45) is 0 Å². The van der Waals surface area contributed by atoms with Crippen LogP contribution in [0.4, 0.5) is 10.1 Å². The normalized spacial score (nSPS) is 11.8. The quantitative estimate of drug-likeness (QED) is 0.813. The molecular formula is C15H13FINO2. The number of halogens is 2. The van der Waals surface area contributed by atoms with Crippen molar-refractivity contribution in [3.05, 3.63) is 57.9 Å². The van der Waals surface area contributed by atoms with Gasteiger partial charge in [-0.1, -0.05) is 6.07 Å². The largest absolute Gasteiger partial charge is 0.481 e. The lowest BCUT2D eigenvalue weighted by atomic mass is 10.3. The Bertz CT molecular complexity index is 601. The highest BCUT2D eigenvalue weighted by atomic mass is 127. The Morgan fingerprint density at radius 3 is 2.60 bits per heavy atom. The molecule has 2 aromatic rings. The average molecular weight is 385 g/mol. The molecule has 1 amide bonds. The standard InChI is InChI=1S/C15H13FINO2/c1-10(20-14-7-5-12(17)6-8-14)15(19)18-13-4-2-3-11(16)9-13/h2-10H,1H3,(H,18,19). The number of ether oxygens (including phenoxy) is 1. The first-order valence-corrected chi connectivity index (χ1v) is 7.11. The maximum Gasteiger partial charge on any atom is 0.265 e. The lowest BCUT2D eigenvalue weighted by Crippen LogP contribution is -2.30. The van der Waals surface area contributed by atoms with E-state index in [9.17, 15) is 9.18 Å². The third-order valence-corrected chi connectivity index (χ3v) is 3.31. The molecule has 0 saturated heterocycles. The Morgan fingerprint density at radius 1 is 1.25 bits per heavy atom. The van der Waals surface area contributed by atoms with Crippen LogP contribution in [0.5, 0.6) is 5.75 Å². The van der Waals surface area contributed by atoms with Crippen molar-refractivity contribution < 1.29 is 13.9 Å². The van der Waals surface area contributed by atoms with Crippen LogP contribution in [0.1, 0.15) is 6.92 Å². The minimum absolute atomic E-state index is 0.325. The number of nitrogens with one attached hydrogen (secondary N) is 1. The first-order chi connectivity index (χ1) is 9.54. The van der Waals surface area contributed by atoms with E-state index in [0.29, 0.717) is 11.4 Å². The minimum Gasteiger partial charge on any atom is -0.481 e. The van der Waals surface area contributed by atoms with Crippen molar-refractivity contribution in [2.45, 2.75) is 13.0 Å². The van der Waals surface area contributed by atoms with Gasteiger partial charge in [-0.3, -0.25) is 4.79 Å². The van der Waals surface area contributed by atoms with Gasteiger partial charge in [-0.05, 0) is 72.0 Å². The molecule has 1 unspecified atom stereocenters. The fourth-order valence-electron chi connectivity index (χ4n) is 1.58. The summed E-state index contributed by atoms with van der Waals surface area (Å²) >= 11 is 2.19. The number of hydrogen-bond acceptors (Lipinski definition) is 2. The number of rotatable bonds is 4. The van der Waals surface area contributed by atoms with Gasteiger partial charge in [0.15, 0.2) is 6.10 Å². The van der Waals surface area contributed by atoms with Gasteiger partial charge in [0.1, 0.15) is 11.6 Å². The fourth-order valence-corrected chi connectivity index (χ4v) is 1.94. The zero-order chi connectivity index (χ0) is 14.5. The predicted molar refractivity (Wildman–Crippen MR) is 84.3 cm³/mol. The maximum absolute atomic E-state index is 13.0. The van der Waals surface area contributed by atoms with Crippen molar-refractivity contribution in [3.63, 3.8) is 0 Å². The van der Waals surface area contributed by atoms with Crippen LogP contribution in [0.15, 0.2) is 48.5 Å². The zero-order valence-corrected chi connectivity index (χ0v) is 12.9. The van der Waals surface area contributed by atoms with Crippen LogP contribution in [0.3, 0.4) is 0 Å². The molecule has 0 spiro atoms. The molecule has 0 bridgehead atoms. The molecule has 0 aliphatic heterocycles. The number of carbonyl (C=O) groups excluding carboxylic acids is 1. The molecule has 0 heterocycles. The molecule has 2 aromatic carbocycles. The molecule has 20 heavy (non-hydrogen) atoms. The second kappa shape index (κ2) is 6.69. The van der Waals surface area contributed by atoms with Gasteiger partial charge in [0.2, 0.25) is 0 Å². The predicted octanol–water partition coefficient (Wildman–Crippen LogP) is 3.84. The van der Waals surface area contributed by atoms with E-state index in [-0.39, 0.29) is 5.91 Å². The zero-order valence-electron chi connectivity index (χ0n) is 10.8. The van der Waals surface area contributed by atoms with Gasteiger partial charge in [0, 0.05) is 9.26 Å². The molecule has 104 valence electrons. The fraction of sp³-hybridized carbons (Fsp3) is 0.133. The van der Waals surface area contributed by atoms with Crippen LogP contribution in [-0.2, 0) is 4.79 Å². The molecule has 0 aliphatic rings. The molecule has 1 atom stereocenters. The second-order valence-electron chi connectivity index (χ2n) is 4.21. The molecule has 2 rings (SSSR count). The molecule has 0 fully saturated rings. The van der Waals surface area contributed by atoms with E-state index in [1.54, 1.807) is 25.1 Å². The first kappa shape index (κ1) is 14.8. The molecule has 0 aliphatic carbocycles. The Balaban J connectivity index is 1.96. The van der Waals surface area contributed by atoms with Crippen molar-refractivity contribution in [3.8, 4) is 5.75 Å². The van der Waals surface area contributed by atoms with Crippen molar-refractivity contribution in [1.29, 1.82) is 0 Å².